The Morgan fingerprint density at radius 1 is 1.04 bits per heavy atom. The fourth-order valence-electron chi connectivity index (χ4n) is 2.90. The Morgan fingerprint density at radius 3 is 2.16 bits per heavy atom. The maximum Gasteiger partial charge on any atom is 0.191 e. The molecule has 0 aliphatic carbocycles. The summed E-state index contributed by atoms with van der Waals surface area (Å²) in [6.45, 7) is 8.79. The molecule has 142 valence electrons. The zero-order valence-corrected chi connectivity index (χ0v) is 16.3. The fraction of sp³-hybridized carbons (Fsp3) is 0.650. The van der Waals surface area contributed by atoms with E-state index in [0.717, 1.165) is 49.3 Å². The molecule has 0 radical (unpaired) electrons. The van der Waals surface area contributed by atoms with E-state index in [2.05, 4.69) is 53.7 Å². The standard InChI is InChI=1S/C20H35N3O2/c1-5-12-20(24,13-6-2)16-23-19(21-7-3)22-14-17-8-10-18(11-9-17)15-25-4/h8-11,24H,5-7,12-16H2,1-4H3,(H2,21,22,23). The monoisotopic (exact) mass is 349 g/mol. The van der Waals surface area contributed by atoms with Gasteiger partial charge in [0, 0.05) is 20.2 Å². The maximum absolute atomic E-state index is 10.7. The summed E-state index contributed by atoms with van der Waals surface area (Å²) in [6.07, 6.45) is 3.54. The molecule has 3 N–H and O–H groups in total. The molecule has 0 atom stereocenters. The van der Waals surface area contributed by atoms with Crippen LogP contribution in [0.4, 0.5) is 0 Å². The Kier molecular flexibility index (Phi) is 10.2. The number of nitrogens with one attached hydrogen (secondary N) is 2. The number of hydrogen-bond acceptors (Lipinski definition) is 3. The van der Waals surface area contributed by atoms with Crippen molar-refractivity contribution in [2.45, 2.75) is 65.2 Å². The Labute approximate surface area is 152 Å². The zero-order valence-electron chi connectivity index (χ0n) is 16.3. The molecule has 0 aliphatic heterocycles. The molecule has 0 spiro atoms. The molecule has 5 heteroatoms. The van der Waals surface area contributed by atoms with Crippen molar-refractivity contribution in [3.05, 3.63) is 35.4 Å². The van der Waals surface area contributed by atoms with Crippen LogP contribution in [0.1, 0.15) is 57.6 Å². The molecule has 5 nitrogen and oxygen atoms in total. The molecule has 0 heterocycles. The van der Waals surface area contributed by atoms with Crippen LogP contribution in [0.25, 0.3) is 0 Å². The third-order valence-electron chi connectivity index (χ3n) is 4.11. The Bertz CT molecular complexity index is 494. The van der Waals surface area contributed by atoms with E-state index in [1.54, 1.807) is 7.11 Å². The van der Waals surface area contributed by atoms with Crippen LogP contribution in [-0.4, -0.2) is 36.9 Å². The number of aliphatic imine (C=N–C) groups is 1. The van der Waals surface area contributed by atoms with Crippen molar-refractivity contribution < 1.29 is 9.84 Å². The molecule has 0 aliphatic rings. The molecular weight excluding hydrogens is 314 g/mol. The highest BCUT2D eigenvalue weighted by atomic mass is 16.5. The minimum absolute atomic E-state index is 0.521. The molecule has 0 saturated carbocycles. The normalized spacial score (nSPS) is 12.3. The SMILES string of the molecule is CCCC(O)(CCC)CNC(=NCc1ccc(COC)cc1)NCC. The summed E-state index contributed by atoms with van der Waals surface area (Å²) < 4.78 is 5.13. The molecule has 1 aromatic carbocycles. The van der Waals surface area contributed by atoms with E-state index in [-0.39, 0.29) is 0 Å². The maximum atomic E-state index is 10.7. The number of ether oxygens (including phenoxy) is 1. The van der Waals surface area contributed by atoms with Gasteiger partial charge in [0.05, 0.1) is 18.8 Å². The van der Waals surface area contributed by atoms with Crippen molar-refractivity contribution >= 4 is 5.96 Å². The van der Waals surface area contributed by atoms with E-state index in [1.165, 1.54) is 0 Å². The zero-order chi connectivity index (χ0) is 18.5. The second-order valence-corrected chi connectivity index (χ2v) is 6.52. The van der Waals surface area contributed by atoms with Gasteiger partial charge in [0.25, 0.3) is 0 Å². The Balaban J connectivity index is 2.66. The molecule has 0 aromatic heterocycles. The van der Waals surface area contributed by atoms with Gasteiger partial charge in [0.15, 0.2) is 5.96 Å². The van der Waals surface area contributed by atoms with Crippen LogP contribution in [0, 0.1) is 0 Å². The van der Waals surface area contributed by atoms with E-state index < -0.39 is 5.60 Å². The average molecular weight is 350 g/mol. The van der Waals surface area contributed by atoms with Crippen molar-refractivity contribution in [3.63, 3.8) is 0 Å². The van der Waals surface area contributed by atoms with Crippen LogP contribution in [0.5, 0.6) is 0 Å². The van der Waals surface area contributed by atoms with E-state index >= 15 is 0 Å². The minimum atomic E-state index is -0.665. The number of guanidine groups is 1. The first-order chi connectivity index (χ1) is 12.1. The third-order valence-corrected chi connectivity index (χ3v) is 4.11. The lowest BCUT2D eigenvalue weighted by Gasteiger charge is -2.28. The lowest BCUT2D eigenvalue weighted by atomic mass is 9.93. The van der Waals surface area contributed by atoms with Gasteiger partial charge in [0.1, 0.15) is 0 Å². The smallest absolute Gasteiger partial charge is 0.191 e. The molecule has 0 fully saturated rings. The van der Waals surface area contributed by atoms with Gasteiger partial charge >= 0.3 is 0 Å². The molecule has 0 amide bonds. The van der Waals surface area contributed by atoms with Crippen molar-refractivity contribution in [1.29, 1.82) is 0 Å². The number of benzene rings is 1. The Hall–Kier alpha value is -1.59. The van der Waals surface area contributed by atoms with Gasteiger partial charge in [-0.05, 0) is 30.9 Å². The number of methoxy groups -OCH3 is 1. The summed E-state index contributed by atoms with van der Waals surface area (Å²) in [5, 5.41) is 17.3. The van der Waals surface area contributed by atoms with Gasteiger partial charge in [-0.2, -0.15) is 0 Å². The minimum Gasteiger partial charge on any atom is -0.388 e. The highest BCUT2D eigenvalue weighted by Gasteiger charge is 2.24. The third kappa shape index (κ3) is 8.36. The van der Waals surface area contributed by atoms with E-state index in [1.807, 2.05) is 6.92 Å². The largest absolute Gasteiger partial charge is 0.388 e. The van der Waals surface area contributed by atoms with Crippen molar-refractivity contribution in [2.75, 3.05) is 20.2 Å². The van der Waals surface area contributed by atoms with Crippen LogP contribution < -0.4 is 10.6 Å². The molecule has 1 rings (SSSR count). The number of aliphatic hydroxyl groups is 1. The second-order valence-electron chi connectivity index (χ2n) is 6.52. The summed E-state index contributed by atoms with van der Waals surface area (Å²) in [7, 11) is 1.70. The first kappa shape index (κ1) is 21.5. The molecule has 25 heavy (non-hydrogen) atoms. The van der Waals surface area contributed by atoms with E-state index in [4.69, 9.17) is 4.74 Å². The Morgan fingerprint density at radius 2 is 1.64 bits per heavy atom. The van der Waals surface area contributed by atoms with Crippen LogP contribution in [0.2, 0.25) is 0 Å². The average Bonchev–Trinajstić information content (AvgIpc) is 2.59. The molecular formula is C20H35N3O2. The van der Waals surface area contributed by atoms with Gasteiger partial charge in [-0.1, -0.05) is 51.0 Å². The summed E-state index contributed by atoms with van der Waals surface area (Å²) in [5.74, 6) is 0.745. The number of rotatable bonds is 11. The van der Waals surface area contributed by atoms with E-state index in [0.29, 0.717) is 19.7 Å². The summed E-state index contributed by atoms with van der Waals surface area (Å²) in [5.41, 5.74) is 1.64. The lowest BCUT2D eigenvalue weighted by molar-refractivity contribution is 0.0257. The van der Waals surface area contributed by atoms with E-state index in [9.17, 15) is 5.11 Å². The van der Waals surface area contributed by atoms with Gasteiger partial charge in [0.2, 0.25) is 0 Å². The quantitative estimate of drug-likeness (QED) is 0.424. The molecule has 0 unspecified atom stereocenters. The van der Waals surface area contributed by atoms with Gasteiger partial charge < -0.3 is 20.5 Å². The van der Waals surface area contributed by atoms with Crippen LogP contribution >= 0.6 is 0 Å². The van der Waals surface area contributed by atoms with Crippen molar-refractivity contribution in [1.82, 2.24) is 10.6 Å². The molecule has 0 saturated heterocycles. The highest BCUT2D eigenvalue weighted by molar-refractivity contribution is 5.79. The number of nitrogens with zero attached hydrogens (tertiary/aromatic N) is 1. The topological polar surface area (TPSA) is 65.9 Å². The van der Waals surface area contributed by atoms with Gasteiger partial charge in [-0.25, -0.2) is 4.99 Å². The predicted molar refractivity (Wildman–Crippen MR) is 105 cm³/mol. The van der Waals surface area contributed by atoms with Gasteiger partial charge in [-0.15, -0.1) is 0 Å². The van der Waals surface area contributed by atoms with Crippen molar-refractivity contribution in [3.8, 4) is 0 Å². The van der Waals surface area contributed by atoms with Crippen LogP contribution in [-0.2, 0) is 17.9 Å². The molecule has 1 aromatic rings. The van der Waals surface area contributed by atoms with Crippen LogP contribution in [0.3, 0.4) is 0 Å². The fourth-order valence-corrected chi connectivity index (χ4v) is 2.90. The number of hydrogen-bond donors (Lipinski definition) is 3. The summed E-state index contributed by atoms with van der Waals surface area (Å²) in [4.78, 5) is 4.63. The molecule has 0 bridgehead atoms. The highest BCUT2D eigenvalue weighted by Crippen LogP contribution is 2.18. The van der Waals surface area contributed by atoms with Gasteiger partial charge in [-0.3, -0.25) is 0 Å². The van der Waals surface area contributed by atoms with Crippen molar-refractivity contribution in [2.24, 2.45) is 4.99 Å². The second kappa shape index (κ2) is 11.9. The first-order valence-electron chi connectivity index (χ1n) is 9.38. The van der Waals surface area contributed by atoms with Crippen LogP contribution in [0.15, 0.2) is 29.3 Å². The first-order valence-corrected chi connectivity index (χ1v) is 9.38. The summed E-state index contributed by atoms with van der Waals surface area (Å²) >= 11 is 0. The lowest BCUT2D eigenvalue weighted by Crippen LogP contribution is -2.47. The summed E-state index contributed by atoms with van der Waals surface area (Å²) in [6, 6.07) is 8.28. The predicted octanol–water partition coefficient (Wildman–Crippen LogP) is 3.22.